The van der Waals surface area contributed by atoms with Crippen LogP contribution in [0.2, 0.25) is 0 Å². The molecule has 0 aromatic carbocycles. The molecule has 2 atom stereocenters. The molecule has 1 aliphatic heterocycles. The Labute approximate surface area is 87.6 Å². The van der Waals surface area contributed by atoms with Gasteiger partial charge >= 0.3 is 0 Å². The Balaban J connectivity index is 2.51. The van der Waals surface area contributed by atoms with Gasteiger partial charge in [-0.15, -0.1) is 0 Å². The first-order valence-electron chi connectivity index (χ1n) is 5.87. The molecule has 1 saturated heterocycles. The van der Waals surface area contributed by atoms with Crippen LogP contribution >= 0.6 is 0 Å². The molecule has 0 radical (unpaired) electrons. The second-order valence-corrected chi connectivity index (χ2v) is 4.05. The van der Waals surface area contributed by atoms with Gasteiger partial charge in [0.15, 0.2) is 0 Å². The molecule has 14 heavy (non-hydrogen) atoms. The van der Waals surface area contributed by atoms with Gasteiger partial charge in [-0.1, -0.05) is 20.3 Å². The van der Waals surface area contributed by atoms with Gasteiger partial charge in [-0.05, 0) is 12.8 Å². The topological polar surface area (TPSA) is 38.5 Å². The van der Waals surface area contributed by atoms with Crippen molar-refractivity contribution in [2.75, 3.05) is 26.3 Å². The monoisotopic (exact) mass is 200 g/mol. The number of rotatable bonds is 5. The van der Waals surface area contributed by atoms with Gasteiger partial charge in [-0.3, -0.25) is 4.90 Å². The maximum Gasteiger partial charge on any atom is 0.0622 e. The van der Waals surface area contributed by atoms with E-state index in [1.54, 1.807) is 0 Å². The Kier molecular flexibility index (Phi) is 5.45. The zero-order chi connectivity index (χ0) is 10.4. The second kappa shape index (κ2) is 6.38. The summed E-state index contributed by atoms with van der Waals surface area (Å²) in [5.41, 5.74) is 5.82. The quantitative estimate of drug-likeness (QED) is 0.725. The molecule has 0 aliphatic carbocycles. The molecule has 84 valence electrons. The standard InChI is InChI=1S/C11H24N2O/c1-3-5-11(8-12)13-6-7-14-9-10(13)4-2/h10-11H,3-9,12H2,1-2H3. The first-order chi connectivity index (χ1) is 6.83. The Morgan fingerprint density at radius 1 is 1.50 bits per heavy atom. The summed E-state index contributed by atoms with van der Waals surface area (Å²) in [6.07, 6.45) is 3.60. The molecule has 0 aromatic heterocycles. The molecule has 0 bridgehead atoms. The van der Waals surface area contributed by atoms with Crippen LogP contribution in [-0.2, 0) is 4.74 Å². The predicted molar refractivity (Wildman–Crippen MR) is 59.4 cm³/mol. The summed E-state index contributed by atoms with van der Waals surface area (Å²) in [5.74, 6) is 0. The van der Waals surface area contributed by atoms with Gasteiger partial charge in [-0.2, -0.15) is 0 Å². The maximum absolute atomic E-state index is 5.82. The maximum atomic E-state index is 5.82. The molecule has 0 amide bonds. The predicted octanol–water partition coefficient (Wildman–Crippen LogP) is 1.22. The Morgan fingerprint density at radius 3 is 2.86 bits per heavy atom. The SMILES string of the molecule is CCCC(CN)N1CCOCC1CC. The van der Waals surface area contributed by atoms with Gasteiger partial charge in [0.1, 0.15) is 0 Å². The van der Waals surface area contributed by atoms with E-state index < -0.39 is 0 Å². The molecule has 0 aromatic rings. The number of hydrogen-bond acceptors (Lipinski definition) is 3. The van der Waals surface area contributed by atoms with E-state index in [1.165, 1.54) is 19.3 Å². The minimum absolute atomic E-state index is 0.564. The summed E-state index contributed by atoms with van der Waals surface area (Å²) in [6, 6.07) is 1.15. The average molecular weight is 200 g/mol. The van der Waals surface area contributed by atoms with Crippen molar-refractivity contribution in [3.05, 3.63) is 0 Å². The van der Waals surface area contributed by atoms with Crippen molar-refractivity contribution in [2.24, 2.45) is 5.73 Å². The Morgan fingerprint density at radius 2 is 2.29 bits per heavy atom. The van der Waals surface area contributed by atoms with Crippen molar-refractivity contribution in [1.29, 1.82) is 0 Å². The number of hydrogen-bond donors (Lipinski definition) is 1. The van der Waals surface area contributed by atoms with Crippen LogP contribution in [0.1, 0.15) is 33.1 Å². The van der Waals surface area contributed by atoms with Crippen LogP contribution in [-0.4, -0.2) is 43.3 Å². The fourth-order valence-electron chi connectivity index (χ4n) is 2.25. The van der Waals surface area contributed by atoms with Crippen molar-refractivity contribution >= 4 is 0 Å². The largest absolute Gasteiger partial charge is 0.378 e. The van der Waals surface area contributed by atoms with Gasteiger partial charge in [0, 0.05) is 25.2 Å². The summed E-state index contributed by atoms with van der Waals surface area (Å²) in [5, 5.41) is 0. The fourth-order valence-corrected chi connectivity index (χ4v) is 2.25. The Hall–Kier alpha value is -0.120. The normalized spacial score (nSPS) is 26.4. The zero-order valence-corrected chi connectivity index (χ0v) is 9.54. The summed E-state index contributed by atoms with van der Waals surface area (Å²) in [7, 11) is 0. The van der Waals surface area contributed by atoms with Crippen molar-refractivity contribution in [3.63, 3.8) is 0 Å². The fraction of sp³-hybridized carbons (Fsp3) is 1.00. The molecule has 3 nitrogen and oxygen atoms in total. The summed E-state index contributed by atoms with van der Waals surface area (Å²) in [6.45, 7) is 8.05. The molecule has 3 heteroatoms. The van der Waals surface area contributed by atoms with Crippen LogP contribution < -0.4 is 5.73 Å². The highest BCUT2D eigenvalue weighted by atomic mass is 16.5. The first kappa shape index (κ1) is 12.0. The molecule has 1 heterocycles. The number of morpholine rings is 1. The molecule has 1 fully saturated rings. The lowest BCUT2D eigenvalue weighted by atomic mass is 10.1. The summed E-state index contributed by atoms with van der Waals surface area (Å²) in [4.78, 5) is 2.55. The van der Waals surface area contributed by atoms with E-state index in [1.807, 2.05) is 0 Å². The third-order valence-electron chi connectivity index (χ3n) is 3.11. The zero-order valence-electron chi connectivity index (χ0n) is 9.54. The molecular formula is C11H24N2O. The highest BCUT2D eigenvalue weighted by Gasteiger charge is 2.26. The lowest BCUT2D eigenvalue weighted by molar-refractivity contribution is -0.0299. The summed E-state index contributed by atoms with van der Waals surface area (Å²) >= 11 is 0. The van der Waals surface area contributed by atoms with Crippen LogP contribution in [0.25, 0.3) is 0 Å². The first-order valence-corrected chi connectivity index (χ1v) is 5.87. The van der Waals surface area contributed by atoms with E-state index >= 15 is 0 Å². The van der Waals surface area contributed by atoms with Gasteiger partial charge in [0.25, 0.3) is 0 Å². The van der Waals surface area contributed by atoms with E-state index in [9.17, 15) is 0 Å². The van der Waals surface area contributed by atoms with E-state index in [4.69, 9.17) is 10.5 Å². The molecule has 1 aliphatic rings. The Bertz CT molecular complexity index is 152. The summed E-state index contributed by atoms with van der Waals surface area (Å²) < 4.78 is 5.49. The van der Waals surface area contributed by atoms with Crippen LogP contribution in [0.4, 0.5) is 0 Å². The van der Waals surface area contributed by atoms with Crippen LogP contribution in [0, 0.1) is 0 Å². The van der Waals surface area contributed by atoms with Gasteiger partial charge in [0.05, 0.1) is 13.2 Å². The lowest BCUT2D eigenvalue weighted by Gasteiger charge is -2.40. The van der Waals surface area contributed by atoms with E-state index in [2.05, 4.69) is 18.7 Å². The van der Waals surface area contributed by atoms with Crippen molar-refractivity contribution in [3.8, 4) is 0 Å². The van der Waals surface area contributed by atoms with Crippen LogP contribution in [0.15, 0.2) is 0 Å². The molecule has 1 rings (SSSR count). The molecule has 0 saturated carbocycles. The van der Waals surface area contributed by atoms with Crippen LogP contribution in [0.3, 0.4) is 0 Å². The third-order valence-corrected chi connectivity index (χ3v) is 3.11. The number of nitrogens with two attached hydrogens (primary N) is 1. The van der Waals surface area contributed by atoms with Crippen LogP contribution in [0.5, 0.6) is 0 Å². The third kappa shape index (κ3) is 2.94. The molecule has 0 spiro atoms. The lowest BCUT2D eigenvalue weighted by Crippen LogP contribution is -2.52. The van der Waals surface area contributed by atoms with Gasteiger partial charge in [0.2, 0.25) is 0 Å². The minimum Gasteiger partial charge on any atom is -0.378 e. The van der Waals surface area contributed by atoms with Gasteiger partial charge < -0.3 is 10.5 Å². The number of nitrogens with zero attached hydrogens (tertiary/aromatic N) is 1. The van der Waals surface area contributed by atoms with Crippen molar-refractivity contribution in [1.82, 2.24) is 4.90 Å². The van der Waals surface area contributed by atoms with Crippen molar-refractivity contribution < 1.29 is 4.74 Å². The highest BCUT2D eigenvalue weighted by molar-refractivity contribution is 4.81. The molecule has 2 unspecified atom stereocenters. The highest BCUT2D eigenvalue weighted by Crippen LogP contribution is 2.16. The molecular weight excluding hydrogens is 176 g/mol. The van der Waals surface area contributed by atoms with Crippen molar-refractivity contribution in [2.45, 2.75) is 45.2 Å². The minimum atomic E-state index is 0.564. The smallest absolute Gasteiger partial charge is 0.0622 e. The van der Waals surface area contributed by atoms with E-state index in [-0.39, 0.29) is 0 Å². The van der Waals surface area contributed by atoms with E-state index in [0.717, 1.165) is 26.3 Å². The second-order valence-electron chi connectivity index (χ2n) is 4.05. The number of ether oxygens (including phenoxy) is 1. The average Bonchev–Trinajstić information content (AvgIpc) is 2.26. The van der Waals surface area contributed by atoms with Gasteiger partial charge in [-0.25, -0.2) is 0 Å². The molecule has 2 N–H and O–H groups in total. The van der Waals surface area contributed by atoms with E-state index in [0.29, 0.717) is 12.1 Å².